The van der Waals surface area contributed by atoms with Crippen molar-refractivity contribution in [1.82, 2.24) is 0 Å². The number of rotatable bonds is 6. The van der Waals surface area contributed by atoms with Crippen molar-refractivity contribution in [3.05, 3.63) is 0 Å². The van der Waals surface area contributed by atoms with Crippen LogP contribution >= 0.6 is 0 Å². The molecule has 0 aliphatic heterocycles. The summed E-state index contributed by atoms with van der Waals surface area (Å²) in [5, 5.41) is 30.2. The van der Waals surface area contributed by atoms with Gasteiger partial charge in [-0.25, -0.2) is 0 Å². The third kappa shape index (κ3) is 5.13. The molecule has 0 aliphatic rings. The molecule has 0 aromatic heterocycles. The van der Waals surface area contributed by atoms with Crippen LogP contribution in [0.5, 0.6) is 0 Å². The van der Waals surface area contributed by atoms with Crippen LogP contribution in [0.3, 0.4) is 0 Å². The van der Waals surface area contributed by atoms with E-state index in [2.05, 4.69) is 20.5 Å². The number of oxime groups is 2. The van der Waals surface area contributed by atoms with Gasteiger partial charge in [0.15, 0.2) is 0 Å². The van der Waals surface area contributed by atoms with Crippen LogP contribution in [0.25, 0.3) is 0 Å². The number of nitrogens with two attached hydrogens (primary N) is 2. The van der Waals surface area contributed by atoms with Gasteiger partial charge in [-0.15, -0.1) is 0 Å². The second kappa shape index (κ2) is 7.43. The lowest BCUT2D eigenvalue weighted by molar-refractivity contribution is 0.314. The largest absolute Gasteiger partial charge is 0.409 e. The van der Waals surface area contributed by atoms with Crippen LogP contribution in [-0.2, 0) is 0 Å². The Morgan fingerprint density at radius 1 is 0.938 bits per heavy atom. The quantitative estimate of drug-likeness (QED) is 0.170. The summed E-state index contributed by atoms with van der Waals surface area (Å²) < 4.78 is 0. The first-order valence-electron chi connectivity index (χ1n) is 4.81. The van der Waals surface area contributed by atoms with Gasteiger partial charge in [0.1, 0.15) is 11.7 Å². The molecule has 0 aromatic carbocycles. The predicted octanol–water partition coefficient (Wildman–Crippen LogP) is 0.204. The van der Waals surface area contributed by atoms with Crippen molar-refractivity contribution in [3.8, 4) is 0 Å². The van der Waals surface area contributed by atoms with Crippen molar-refractivity contribution < 1.29 is 10.4 Å². The molecule has 8 nitrogen and oxygen atoms in total. The summed E-state index contributed by atoms with van der Waals surface area (Å²) in [5.41, 5.74) is 10.7. The Kier molecular flexibility index (Phi) is 6.57. The number of hydrogen-bond acceptors (Lipinski definition) is 6. The van der Waals surface area contributed by atoms with Gasteiger partial charge in [-0.3, -0.25) is 0 Å². The summed E-state index contributed by atoms with van der Waals surface area (Å²) in [4.78, 5) is 0. The maximum atomic E-state index is 8.39. The summed E-state index contributed by atoms with van der Waals surface area (Å²) in [6.07, 6.45) is 0. The molecule has 16 heavy (non-hydrogen) atoms. The zero-order chi connectivity index (χ0) is 12.6. The maximum absolute atomic E-state index is 8.39. The monoisotopic (exact) mass is 230 g/mol. The first-order valence-corrected chi connectivity index (χ1v) is 4.81. The topological polar surface area (TPSA) is 142 Å². The summed E-state index contributed by atoms with van der Waals surface area (Å²) in [7, 11) is 0. The van der Waals surface area contributed by atoms with E-state index in [0.717, 1.165) is 0 Å². The molecule has 8 heteroatoms. The van der Waals surface area contributed by atoms with E-state index in [4.69, 9.17) is 21.9 Å². The normalized spacial score (nSPS) is 17.6. The Hall–Kier alpha value is -1.86. The molecule has 0 heterocycles. The van der Waals surface area contributed by atoms with Crippen molar-refractivity contribution >= 4 is 11.7 Å². The SMILES string of the molecule is CC(CN=NCC(C)C(N)=NO)C(N)=NO. The van der Waals surface area contributed by atoms with Gasteiger partial charge in [0, 0.05) is 11.8 Å². The molecule has 2 unspecified atom stereocenters. The zero-order valence-corrected chi connectivity index (χ0v) is 9.41. The highest BCUT2D eigenvalue weighted by atomic mass is 16.4. The summed E-state index contributed by atoms with van der Waals surface area (Å²) in [6.45, 7) is 4.19. The molecule has 0 saturated carbocycles. The molecular weight excluding hydrogens is 212 g/mol. The highest BCUT2D eigenvalue weighted by Gasteiger charge is 2.08. The summed E-state index contributed by atoms with van der Waals surface area (Å²) in [6, 6.07) is 0. The van der Waals surface area contributed by atoms with E-state index < -0.39 is 0 Å². The number of hydrogen-bond donors (Lipinski definition) is 4. The Labute approximate surface area is 93.7 Å². The Morgan fingerprint density at radius 3 is 1.50 bits per heavy atom. The van der Waals surface area contributed by atoms with Gasteiger partial charge in [-0.1, -0.05) is 24.2 Å². The van der Waals surface area contributed by atoms with Gasteiger partial charge >= 0.3 is 0 Å². The van der Waals surface area contributed by atoms with E-state index in [-0.39, 0.29) is 23.5 Å². The van der Waals surface area contributed by atoms with E-state index in [1.54, 1.807) is 13.8 Å². The van der Waals surface area contributed by atoms with E-state index in [9.17, 15) is 0 Å². The number of nitrogens with zero attached hydrogens (tertiary/aromatic N) is 4. The highest BCUT2D eigenvalue weighted by Crippen LogP contribution is 1.99. The minimum absolute atomic E-state index is 0.114. The van der Waals surface area contributed by atoms with Crippen molar-refractivity contribution in [1.29, 1.82) is 0 Å². The second-order valence-corrected chi connectivity index (χ2v) is 3.50. The molecule has 0 aromatic rings. The Balaban J connectivity index is 3.95. The van der Waals surface area contributed by atoms with Gasteiger partial charge in [0.25, 0.3) is 0 Å². The fourth-order valence-corrected chi connectivity index (χ4v) is 0.745. The summed E-state index contributed by atoms with van der Waals surface area (Å²) >= 11 is 0. The molecule has 0 saturated heterocycles. The van der Waals surface area contributed by atoms with Crippen LogP contribution in [0.15, 0.2) is 20.5 Å². The third-order valence-corrected chi connectivity index (χ3v) is 2.05. The van der Waals surface area contributed by atoms with Gasteiger partial charge in [0.2, 0.25) is 0 Å². The lowest BCUT2D eigenvalue weighted by Crippen LogP contribution is -2.24. The van der Waals surface area contributed by atoms with Gasteiger partial charge in [-0.05, 0) is 0 Å². The van der Waals surface area contributed by atoms with Crippen LogP contribution in [-0.4, -0.2) is 35.2 Å². The van der Waals surface area contributed by atoms with Crippen molar-refractivity contribution in [2.75, 3.05) is 13.1 Å². The second-order valence-electron chi connectivity index (χ2n) is 3.50. The molecule has 6 N–H and O–H groups in total. The molecule has 0 amide bonds. The molecular formula is C8H18N6O2. The minimum atomic E-state index is -0.173. The highest BCUT2D eigenvalue weighted by molar-refractivity contribution is 5.82. The average Bonchev–Trinajstić information content (AvgIpc) is 2.31. The van der Waals surface area contributed by atoms with Crippen LogP contribution < -0.4 is 11.5 Å². The average molecular weight is 230 g/mol. The summed E-state index contributed by atoms with van der Waals surface area (Å²) in [5.74, 6) is -0.118. The smallest absolute Gasteiger partial charge is 0.143 e. The molecule has 2 atom stereocenters. The maximum Gasteiger partial charge on any atom is 0.143 e. The molecule has 92 valence electrons. The zero-order valence-electron chi connectivity index (χ0n) is 9.41. The number of amidine groups is 2. The predicted molar refractivity (Wildman–Crippen MR) is 59.7 cm³/mol. The number of azo groups is 1. The molecule has 0 aliphatic carbocycles. The first-order chi connectivity index (χ1) is 7.52. The van der Waals surface area contributed by atoms with Crippen LogP contribution in [0, 0.1) is 11.8 Å². The fraction of sp³-hybridized carbons (Fsp3) is 0.750. The lowest BCUT2D eigenvalue weighted by Gasteiger charge is -2.06. The van der Waals surface area contributed by atoms with Crippen LogP contribution in [0.1, 0.15) is 13.8 Å². The Bertz CT molecular complexity index is 260. The lowest BCUT2D eigenvalue weighted by atomic mass is 10.1. The van der Waals surface area contributed by atoms with E-state index in [1.807, 2.05) is 0 Å². The van der Waals surface area contributed by atoms with Crippen molar-refractivity contribution in [2.45, 2.75) is 13.8 Å². The Morgan fingerprint density at radius 2 is 1.25 bits per heavy atom. The van der Waals surface area contributed by atoms with Crippen molar-refractivity contribution in [3.63, 3.8) is 0 Å². The van der Waals surface area contributed by atoms with E-state index >= 15 is 0 Å². The standard InChI is InChI=1S/C8H18N6O2/c1-5(7(9)13-15)3-11-12-4-6(2)8(10)14-16/h5-6,15-16H,3-4H2,1-2H3,(H2,9,13)(H2,10,14). The molecule has 0 fully saturated rings. The molecule has 0 spiro atoms. The molecule has 0 rings (SSSR count). The molecule has 0 radical (unpaired) electrons. The van der Waals surface area contributed by atoms with Gasteiger partial charge in [-0.2, -0.15) is 10.2 Å². The van der Waals surface area contributed by atoms with Gasteiger partial charge in [0.05, 0.1) is 13.1 Å². The van der Waals surface area contributed by atoms with E-state index in [0.29, 0.717) is 13.1 Å². The third-order valence-electron chi connectivity index (χ3n) is 2.05. The van der Waals surface area contributed by atoms with Crippen LogP contribution in [0.2, 0.25) is 0 Å². The first kappa shape index (κ1) is 14.1. The van der Waals surface area contributed by atoms with E-state index in [1.165, 1.54) is 0 Å². The molecule has 0 bridgehead atoms. The van der Waals surface area contributed by atoms with Crippen molar-refractivity contribution in [2.24, 2.45) is 43.8 Å². The van der Waals surface area contributed by atoms with Crippen LogP contribution in [0.4, 0.5) is 0 Å². The van der Waals surface area contributed by atoms with Gasteiger partial charge < -0.3 is 21.9 Å². The fourth-order valence-electron chi connectivity index (χ4n) is 0.745. The minimum Gasteiger partial charge on any atom is -0.409 e.